The van der Waals surface area contributed by atoms with Crippen LogP contribution in [0.4, 0.5) is 0 Å². The average molecular weight is 217 g/mol. The van der Waals surface area contributed by atoms with E-state index in [-0.39, 0.29) is 0 Å². The first-order valence-electron chi connectivity index (χ1n) is 6.25. The molecule has 2 aliphatic rings. The zero-order chi connectivity index (χ0) is 11.0. The Morgan fingerprint density at radius 3 is 3.12 bits per heavy atom. The summed E-state index contributed by atoms with van der Waals surface area (Å²) in [5, 5.41) is 0. The molecular formula is C14H19NO. The summed E-state index contributed by atoms with van der Waals surface area (Å²) in [4.78, 5) is 0. The summed E-state index contributed by atoms with van der Waals surface area (Å²) < 4.78 is 6.03. The van der Waals surface area contributed by atoms with Crippen LogP contribution in [-0.2, 0) is 11.2 Å². The molecular weight excluding hydrogens is 198 g/mol. The minimum atomic E-state index is 0.302. The Bertz CT molecular complexity index is 386. The smallest absolute Gasteiger partial charge is 0.0887 e. The van der Waals surface area contributed by atoms with Gasteiger partial charge in [0.25, 0.3) is 0 Å². The van der Waals surface area contributed by atoms with Crippen molar-refractivity contribution in [3.05, 3.63) is 35.4 Å². The summed E-state index contributed by atoms with van der Waals surface area (Å²) in [6.45, 7) is 1.68. The molecule has 0 saturated carbocycles. The van der Waals surface area contributed by atoms with E-state index in [1.807, 2.05) is 0 Å². The molecule has 2 unspecified atom stereocenters. The largest absolute Gasteiger partial charge is 0.373 e. The van der Waals surface area contributed by atoms with Crippen LogP contribution in [0, 0.1) is 5.41 Å². The van der Waals surface area contributed by atoms with Gasteiger partial charge in [0, 0.05) is 12.0 Å². The van der Waals surface area contributed by atoms with Gasteiger partial charge in [0.1, 0.15) is 0 Å². The molecule has 0 aromatic heterocycles. The predicted octanol–water partition coefficient (Wildman–Crippen LogP) is 2.43. The Labute approximate surface area is 96.8 Å². The van der Waals surface area contributed by atoms with E-state index in [1.165, 1.54) is 24.0 Å². The van der Waals surface area contributed by atoms with Crippen molar-refractivity contribution in [3.8, 4) is 0 Å². The molecule has 16 heavy (non-hydrogen) atoms. The molecule has 1 saturated heterocycles. The molecule has 0 amide bonds. The quantitative estimate of drug-likeness (QED) is 0.825. The predicted molar refractivity (Wildman–Crippen MR) is 64.2 cm³/mol. The Balaban J connectivity index is 2.00. The number of fused-ring (bicyclic) bond motifs is 3. The van der Waals surface area contributed by atoms with Crippen molar-refractivity contribution in [1.29, 1.82) is 0 Å². The van der Waals surface area contributed by atoms with E-state index in [1.54, 1.807) is 0 Å². The van der Waals surface area contributed by atoms with Crippen LogP contribution in [0.2, 0.25) is 0 Å². The molecule has 1 aliphatic heterocycles. The number of hydrogen-bond acceptors (Lipinski definition) is 2. The van der Waals surface area contributed by atoms with E-state index in [2.05, 4.69) is 24.3 Å². The number of benzene rings is 1. The first-order chi connectivity index (χ1) is 7.86. The maximum atomic E-state index is 6.03. The highest BCUT2D eigenvalue weighted by Crippen LogP contribution is 2.54. The number of ether oxygens (including phenoxy) is 1. The summed E-state index contributed by atoms with van der Waals surface area (Å²) in [5.74, 6) is 0. The minimum Gasteiger partial charge on any atom is -0.373 e. The lowest BCUT2D eigenvalue weighted by atomic mass is 9.74. The van der Waals surface area contributed by atoms with Gasteiger partial charge in [0.15, 0.2) is 0 Å². The average Bonchev–Trinajstić information content (AvgIpc) is 2.63. The fourth-order valence-corrected chi connectivity index (χ4v) is 3.50. The zero-order valence-corrected chi connectivity index (χ0v) is 9.61. The zero-order valence-electron chi connectivity index (χ0n) is 9.61. The third-order valence-corrected chi connectivity index (χ3v) is 4.18. The Hall–Kier alpha value is -0.860. The van der Waals surface area contributed by atoms with Crippen LogP contribution in [0.3, 0.4) is 0 Å². The van der Waals surface area contributed by atoms with Gasteiger partial charge in [0.05, 0.1) is 6.10 Å². The molecule has 2 nitrogen and oxygen atoms in total. The van der Waals surface area contributed by atoms with Crippen molar-refractivity contribution >= 4 is 0 Å². The second-order valence-electron chi connectivity index (χ2n) is 5.13. The van der Waals surface area contributed by atoms with Crippen LogP contribution in [0.25, 0.3) is 0 Å². The van der Waals surface area contributed by atoms with Gasteiger partial charge in [-0.15, -0.1) is 0 Å². The molecule has 0 radical (unpaired) electrons. The molecule has 1 fully saturated rings. The van der Waals surface area contributed by atoms with Gasteiger partial charge in [-0.2, -0.15) is 0 Å². The lowest BCUT2D eigenvalue weighted by molar-refractivity contribution is -0.0792. The summed E-state index contributed by atoms with van der Waals surface area (Å²) in [6.07, 6.45) is 5.01. The van der Waals surface area contributed by atoms with Crippen molar-refractivity contribution in [2.24, 2.45) is 11.1 Å². The molecule has 3 rings (SSSR count). The fourth-order valence-electron chi connectivity index (χ4n) is 3.50. The lowest BCUT2D eigenvalue weighted by Gasteiger charge is -2.39. The van der Waals surface area contributed by atoms with Crippen LogP contribution in [0.15, 0.2) is 24.3 Å². The minimum absolute atomic E-state index is 0.302. The first-order valence-corrected chi connectivity index (χ1v) is 6.25. The van der Waals surface area contributed by atoms with Crippen LogP contribution in [0.5, 0.6) is 0 Å². The topological polar surface area (TPSA) is 35.2 Å². The van der Waals surface area contributed by atoms with Crippen molar-refractivity contribution in [2.75, 3.05) is 13.2 Å². The van der Waals surface area contributed by atoms with E-state index in [9.17, 15) is 0 Å². The van der Waals surface area contributed by atoms with Crippen LogP contribution >= 0.6 is 0 Å². The van der Waals surface area contributed by atoms with E-state index < -0.39 is 0 Å². The van der Waals surface area contributed by atoms with Crippen molar-refractivity contribution in [1.82, 2.24) is 0 Å². The molecule has 0 spiro atoms. The highest BCUT2D eigenvalue weighted by molar-refractivity contribution is 5.37. The molecule has 1 heterocycles. The van der Waals surface area contributed by atoms with E-state index in [0.717, 1.165) is 26.0 Å². The van der Waals surface area contributed by atoms with Gasteiger partial charge in [-0.05, 0) is 43.4 Å². The SMILES string of the molecule is NCCC12CCCOC1c1ccccc1C2. The molecule has 86 valence electrons. The second kappa shape index (κ2) is 3.86. The fraction of sp³-hybridized carbons (Fsp3) is 0.571. The molecule has 1 aliphatic carbocycles. The summed E-state index contributed by atoms with van der Waals surface area (Å²) >= 11 is 0. The Morgan fingerprint density at radius 2 is 2.25 bits per heavy atom. The summed E-state index contributed by atoms with van der Waals surface area (Å²) in [6, 6.07) is 8.72. The number of rotatable bonds is 2. The molecule has 2 heteroatoms. The summed E-state index contributed by atoms with van der Waals surface area (Å²) in [7, 11) is 0. The molecule has 1 aromatic rings. The maximum absolute atomic E-state index is 6.03. The van der Waals surface area contributed by atoms with Crippen LogP contribution in [0.1, 0.15) is 36.5 Å². The first kappa shape index (κ1) is 10.3. The molecule has 0 bridgehead atoms. The standard InChI is InChI=1S/C14H19NO/c15-8-7-14-6-3-9-16-13(14)12-5-2-1-4-11(12)10-14/h1-2,4-5,13H,3,6-10,15H2. The Morgan fingerprint density at radius 1 is 1.38 bits per heavy atom. The van der Waals surface area contributed by atoms with Crippen molar-refractivity contribution in [2.45, 2.75) is 31.8 Å². The third kappa shape index (κ3) is 1.40. The van der Waals surface area contributed by atoms with Gasteiger partial charge >= 0.3 is 0 Å². The molecule has 1 aromatic carbocycles. The third-order valence-electron chi connectivity index (χ3n) is 4.18. The van der Waals surface area contributed by atoms with Gasteiger partial charge < -0.3 is 10.5 Å². The maximum Gasteiger partial charge on any atom is 0.0887 e. The number of hydrogen-bond donors (Lipinski definition) is 1. The van der Waals surface area contributed by atoms with Crippen molar-refractivity contribution in [3.63, 3.8) is 0 Å². The van der Waals surface area contributed by atoms with Gasteiger partial charge in [0.2, 0.25) is 0 Å². The van der Waals surface area contributed by atoms with Gasteiger partial charge in [-0.3, -0.25) is 0 Å². The van der Waals surface area contributed by atoms with E-state index >= 15 is 0 Å². The van der Waals surface area contributed by atoms with Gasteiger partial charge in [-0.1, -0.05) is 24.3 Å². The molecule has 2 atom stereocenters. The number of nitrogens with two attached hydrogens (primary N) is 1. The second-order valence-corrected chi connectivity index (χ2v) is 5.13. The highest BCUT2D eigenvalue weighted by Gasteiger charge is 2.47. The Kier molecular flexibility index (Phi) is 2.49. The van der Waals surface area contributed by atoms with Crippen molar-refractivity contribution < 1.29 is 4.74 Å². The lowest BCUT2D eigenvalue weighted by Crippen LogP contribution is -2.34. The van der Waals surface area contributed by atoms with Gasteiger partial charge in [-0.25, -0.2) is 0 Å². The summed E-state index contributed by atoms with van der Waals surface area (Å²) in [5.41, 5.74) is 8.98. The van der Waals surface area contributed by atoms with Crippen LogP contribution < -0.4 is 5.73 Å². The highest BCUT2D eigenvalue weighted by atomic mass is 16.5. The van der Waals surface area contributed by atoms with Crippen LogP contribution in [-0.4, -0.2) is 13.2 Å². The molecule has 2 N–H and O–H groups in total. The monoisotopic (exact) mass is 217 g/mol. The normalized spacial score (nSPS) is 32.2. The van der Waals surface area contributed by atoms with E-state index in [4.69, 9.17) is 10.5 Å². The van der Waals surface area contributed by atoms with E-state index in [0.29, 0.717) is 11.5 Å².